The number of piperidine rings is 1. The molecule has 0 aromatic carbocycles. The van der Waals surface area contributed by atoms with E-state index in [1.54, 1.807) is 0 Å². The molecular weight excluding hydrogens is 198 g/mol. The van der Waals surface area contributed by atoms with E-state index in [1.807, 2.05) is 17.9 Å². The Hall–Kier alpha value is -0.830. The fraction of sp³-hybridized carbons (Fsp3) is 0.769. The molecule has 0 spiro atoms. The SMILES string of the molecule is Cn1cc(CC2CCC3CCCC3N2)cn1. The Morgan fingerprint density at radius 2 is 2.31 bits per heavy atom. The topological polar surface area (TPSA) is 29.9 Å². The van der Waals surface area contributed by atoms with Gasteiger partial charge in [0.2, 0.25) is 0 Å². The van der Waals surface area contributed by atoms with Gasteiger partial charge in [0.05, 0.1) is 6.20 Å². The van der Waals surface area contributed by atoms with Gasteiger partial charge in [-0.25, -0.2) is 0 Å². The van der Waals surface area contributed by atoms with E-state index in [9.17, 15) is 0 Å². The molecule has 2 aliphatic rings. The molecule has 0 bridgehead atoms. The number of hydrogen-bond donors (Lipinski definition) is 1. The van der Waals surface area contributed by atoms with Crippen molar-refractivity contribution >= 4 is 0 Å². The monoisotopic (exact) mass is 219 g/mol. The Balaban J connectivity index is 1.60. The highest BCUT2D eigenvalue weighted by molar-refractivity contribution is 5.07. The van der Waals surface area contributed by atoms with E-state index in [2.05, 4.69) is 16.6 Å². The highest BCUT2D eigenvalue weighted by atomic mass is 15.2. The predicted octanol–water partition coefficient (Wildman–Crippen LogP) is 1.88. The average molecular weight is 219 g/mol. The quantitative estimate of drug-likeness (QED) is 0.823. The fourth-order valence-corrected chi connectivity index (χ4v) is 3.43. The largest absolute Gasteiger partial charge is 0.311 e. The van der Waals surface area contributed by atoms with Crippen molar-refractivity contribution < 1.29 is 0 Å². The molecule has 1 aromatic heterocycles. The zero-order valence-corrected chi connectivity index (χ0v) is 10.0. The van der Waals surface area contributed by atoms with Gasteiger partial charge in [0.15, 0.2) is 0 Å². The highest BCUT2D eigenvalue weighted by Crippen LogP contribution is 2.34. The number of aryl methyl sites for hydroxylation is 1. The molecule has 1 aromatic rings. The van der Waals surface area contributed by atoms with E-state index in [0.717, 1.165) is 18.4 Å². The fourth-order valence-electron chi connectivity index (χ4n) is 3.43. The first-order valence-electron chi connectivity index (χ1n) is 6.55. The van der Waals surface area contributed by atoms with Gasteiger partial charge in [-0.1, -0.05) is 6.42 Å². The lowest BCUT2D eigenvalue weighted by molar-refractivity contribution is 0.257. The second-order valence-electron chi connectivity index (χ2n) is 5.46. The van der Waals surface area contributed by atoms with Crippen LogP contribution in [0.25, 0.3) is 0 Å². The van der Waals surface area contributed by atoms with Crippen molar-refractivity contribution in [1.29, 1.82) is 0 Å². The van der Waals surface area contributed by atoms with E-state index < -0.39 is 0 Å². The maximum atomic E-state index is 4.24. The summed E-state index contributed by atoms with van der Waals surface area (Å²) in [6, 6.07) is 1.50. The minimum Gasteiger partial charge on any atom is -0.311 e. The smallest absolute Gasteiger partial charge is 0.0522 e. The van der Waals surface area contributed by atoms with Gasteiger partial charge in [-0.15, -0.1) is 0 Å². The number of rotatable bonds is 2. The third-order valence-electron chi connectivity index (χ3n) is 4.24. The van der Waals surface area contributed by atoms with Gasteiger partial charge < -0.3 is 5.32 Å². The minimum absolute atomic E-state index is 0.684. The van der Waals surface area contributed by atoms with Crippen LogP contribution in [-0.4, -0.2) is 21.9 Å². The van der Waals surface area contributed by atoms with Crippen LogP contribution in [-0.2, 0) is 13.5 Å². The lowest BCUT2D eigenvalue weighted by Gasteiger charge is -2.33. The van der Waals surface area contributed by atoms with E-state index in [4.69, 9.17) is 0 Å². The first kappa shape index (κ1) is 10.3. The zero-order valence-electron chi connectivity index (χ0n) is 10.0. The van der Waals surface area contributed by atoms with Crippen LogP contribution in [0, 0.1) is 5.92 Å². The van der Waals surface area contributed by atoms with Crippen molar-refractivity contribution in [1.82, 2.24) is 15.1 Å². The summed E-state index contributed by atoms with van der Waals surface area (Å²) in [6.45, 7) is 0. The van der Waals surface area contributed by atoms with Crippen LogP contribution < -0.4 is 5.32 Å². The molecule has 2 heterocycles. The van der Waals surface area contributed by atoms with Crippen LogP contribution in [0.15, 0.2) is 12.4 Å². The van der Waals surface area contributed by atoms with Crippen molar-refractivity contribution in [2.24, 2.45) is 13.0 Å². The maximum Gasteiger partial charge on any atom is 0.0522 e. The van der Waals surface area contributed by atoms with Gasteiger partial charge in [0.1, 0.15) is 0 Å². The molecule has 0 amide bonds. The second-order valence-corrected chi connectivity index (χ2v) is 5.46. The molecule has 88 valence electrons. The van der Waals surface area contributed by atoms with Crippen molar-refractivity contribution in [3.8, 4) is 0 Å². The van der Waals surface area contributed by atoms with Gasteiger partial charge in [-0.3, -0.25) is 4.68 Å². The number of nitrogens with zero attached hydrogens (tertiary/aromatic N) is 2. The highest BCUT2D eigenvalue weighted by Gasteiger charge is 2.33. The van der Waals surface area contributed by atoms with Crippen LogP contribution >= 0.6 is 0 Å². The van der Waals surface area contributed by atoms with Crippen LogP contribution in [0.1, 0.15) is 37.7 Å². The van der Waals surface area contributed by atoms with Gasteiger partial charge >= 0.3 is 0 Å². The van der Waals surface area contributed by atoms with Crippen LogP contribution in [0.5, 0.6) is 0 Å². The molecule has 3 heteroatoms. The third kappa shape index (κ3) is 2.01. The molecule has 16 heavy (non-hydrogen) atoms. The molecule has 1 saturated carbocycles. The van der Waals surface area contributed by atoms with Crippen molar-refractivity contribution in [2.75, 3.05) is 0 Å². The number of fused-ring (bicyclic) bond motifs is 1. The molecule has 2 fully saturated rings. The van der Waals surface area contributed by atoms with Crippen LogP contribution in [0.3, 0.4) is 0 Å². The molecule has 3 unspecified atom stereocenters. The number of hydrogen-bond acceptors (Lipinski definition) is 2. The Kier molecular flexibility index (Phi) is 2.72. The Labute approximate surface area is 97.2 Å². The van der Waals surface area contributed by atoms with E-state index in [0.29, 0.717) is 6.04 Å². The summed E-state index contributed by atoms with van der Waals surface area (Å²) in [5.41, 5.74) is 1.37. The average Bonchev–Trinajstić information content (AvgIpc) is 2.87. The molecule has 1 saturated heterocycles. The summed E-state index contributed by atoms with van der Waals surface area (Å²) in [6.07, 6.45) is 12.4. The lowest BCUT2D eigenvalue weighted by atomic mass is 9.88. The van der Waals surface area contributed by atoms with Crippen LogP contribution in [0.2, 0.25) is 0 Å². The molecule has 1 aliphatic heterocycles. The van der Waals surface area contributed by atoms with Crippen molar-refractivity contribution in [2.45, 2.75) is 50.6 Å². The molecule has 3 rings (SSSR count). The molecular formula is C13H21N3. The van der Waals surface area contributed by atoms with Gasteiger partial charge in [-0.05, 0) is 43.6 Å². The number of nitrogens with one attached hydrogen (secondary N) is 1. The lowest BCUT2D eigenvalue weighted by Crippen LogP contribution is -2.46. The zero-order chi connectivity index (χ0) is 11.0. The van der Waals surface area contributed by atoms with Crippen LogP contribution in [0.4, 0.5) is 0 Å². The summed E-state index contributed by atoms with van der Waals surface area (Å²) >= 11 is 0. The predicted molar refractivity (Wildman–Crippen MR) is 64.2 cm³/mol. The summed E-state index contributed by atoms with van der Waals surface area (Å²) in [4.78, 5) is 0. The molecule has 1 aliphatic carbocycles. The number of aromatic nitrogens is 2. The van der Waals surface area contributed by atoms with Crippen molar-refractivity contribution in [3.63, 3.8) is 0 Å². The normalized spacial score (nSPS) is 33.9. The van der Waals surface area contributed by atoms with Gasteiger partial charge in [0.25, 0.3) is 0 Å². The second kappa shape index (κ2) is 4.21. The molecule has 3 nitrogen and oxygen atoms in total. The minimum atomic E-state index is 0.684. The maximum absolute atomic E-state index is 4.24. The molecule has 1 N–H and O–H groups in total. The summed E-state index contributed by atoms with van der Waals surface area (Å²) < 4.78 is 1.90. The summed E-state index contributed by atoms with van der Waals surface area (Å²) in [5, 5.41) is 8.07. The summed E-state index contributed by atoms with van der Waals surface area (Å²) in [5.74, 6) is 0.977. The first-order chi connectivity index (χ1) is 7.81. The Morgan fingerprint density at radius 1 is 1.38 bits per heavy atom. The molecule has 0 radical (unpaired) electrons. The third-order valence-corrected chi connectivity index (χ3v) is 4.24. The van der Waals surface area contributed by atoms with Gasteiger partial charge in [-0.2, -0.15) is 5.10 Å². The Morgan fingerprint density at radius 3 is 3.12 bits per heavy atom. The van der Waals surface area contributed by atoms with E-state index >= 15 is 0 Å². The van der Waals surface area contributed by atoms with E-state index in [-0.39, 0.29) is 0 Å². The van der Waals surface area contributed by atoms with Gasteiger partial charge in [0, 0.05) is 25.3 Å². The Bertz CT molecular complexity index is 358. The standard InChI is InChI=1S/C13H21N3/c1-16-9-10(8-14-16)7-12-6-5-11-3-2-4-13(11)15-12/h8-9,11-13,15H,2-7H2,1H3. The summed E-state index contributed by atoms with van der Waals surface area (Å²) in [7, 11) is 1.99. The molecule has 3 atom stereocenters. The first-order valence-corrected chi connectivity index (χ1v) is 6.55. The van der Waals surface area contributed by atoms with Crippen molar-refractivity contribution in [3.05, 3.63) is 18.0 Å². The van der Waals surface area contributed by atoms with E-state index in [1.165, 1.54) is 37.7 Å².